The van der Waals surface area contributed by atoms with Crippen molar-refractivity contribution in [3.8, 4) is 11.9 Å². The number of Topliss-reactive ketones (excluding diaryl/α,β-unsaturated/α-hetero) is 1. The fourth-order valence-corrected chi connectivity index (χ4v) is 3.20. The third-order valence-electron chi connectivity index (χ3n) is 4.56. The molecule has 0 bridgehead atoms. The summed E-state index contributed by atoms with van der Waals surface area (Å²) < 4.78 is 45.8. The molecule has 0 fully saturated rings. The summed E-state index contributed by atoms with van der Waals surface area (Å²) in [5.41, 5.74) is -1.26. The van der Waals surface area contributed by atoms with Crippen molar-refractivity contribution < 1.29 is 27.8 Å². The lowest BCUT2D eigenvalue weighted by atomic mass is 9.85. The Hall–Kier alpha value is -3.12. The second-order valence-corrected chi connectivity index (χ2v) is 6.85. The molecule has 2 heterocycles. The maximum Gasteiger partial charge on any atom is 0.454 e. The molecule has 6 nitrogen and oxygen atoms in total. The highest BCUT2D eigenvalue weighted by Gasteiger charge is 2.45. The number of benzene rings is 1. The molecule has 0 spiro atoms. The lowest BCUT2D eigenvalue weighted by Gasteiger charge is -2.43. The first kappa shape index (κ1) is 19.6. The predicted molar refractivity (Wildman–Crippen MR) is 91.3 cm³/mol. The van der Waals surface area contributed by atoms with Crippen molar-refractivity contribution in [1.82, 2.24) is 4.57 Å². The van der Waals surface area contributed by atoms with Gasteiger partial charge in [-0.2, -0.15) is 23.4 Å². The van der Waals surface area contributed by atoms with Crippen LogP contribution in [0.15, 0.2) is 47.6 Å². The van der Waals surface area contributed by atoms with Crippen LogP contribution in [0.25, 0.3) is 0 Å². The molecule has 0 unspecified atom stereocenters. The Kier molecular flexibility index (Phi) is 4.77. The van der Waals surface area contributed by atoms with Gasteiger partial charge >= 0.3 is 6.18 Å². The number of hydrogen-bond acceptors (Lipinski definition) is 5. The molecule has 0 saturated carbocycles. The van der Waals surface area contributed by atoms with Crippen LogP contribution in [0.1, 0.15) is 35.8 Å². The van der Waals surface area contributed by atoms with E-state index in [-0.39, 0.29) is 16.8 Å². The van der Waals surface area contributed by atoms with Crippen LogP contribution in [0, 0.1) is 11.5 Å². The number of carbonyl (C=O) groups excluding carboxylic acids is 1. The van der Waals surface area contributed by atoms with Crippen molar-refractivity contribution in [2.45, 2.75) is 37.8 Å². The molecular formula is C19H16F3N3O3. The summed E-state index contributed by atoms with van der Waals surface area (Å²) in [5.74, 6) is -1.76. The van der Waals surface area contributed by atoms with Crippen molar-refractivity contribution in [3.63, 3.8) is 0 Å². The molecule has 28 heavy (non-hydrogen) atoms. The predicted octanol–water partition coefficient (Wildman–Crippen LogP) is 2.74. The van der Waals surface area contributed by atoms with Gasteiger partial charge in [0.1, 0.15) is 22.9 Å². The molecule has 1 aromatic carbocycles. The van der Waals surface area contributed by atoms with Gasteiger partial charge in [0, 0.05) is 17.3 Å². The fraction of sp³-hybridized carbons (Fsp3) is 0.316. The van der Waals surface area contributed by atoms with Crippen LogP contribution in [-0.2, 0) is 0 Å². The van der Waals surface area contributed by atoms with Crippen LogP contribution >= 0.6 is 0 Å². The van der Waals surface area contributed by atoms with Gasteiger partial charge in [-0.15, -0.1) is 0 Å². The Balaban J connectivity index is 2.26. The monoisotopic (exact) mass is 391 g/mol. The maximum absolute atomic E-state index is 12.9. The fourth-order valence-electron chi connectivity index (χ4n) is 3.20. The van der Waals surface area contributed by atoms with E-state index < -0.39 is 35.3 Å². The summed E-state index contributed by atoms with van der Waals surface area (Å²) in [6.07, 6.45) is -3.02. The molecule has 146 valence electrons. The number of aliphatic hydroxyl groups excluding tert-OH is 1. The molecule has 1 aliphatic rings. The lowest BCUT2D eigenvalue weighted by Crippen LogP contribution is -2.52. The van der Waals surface area contributed by atoms with E-state index in [1.165, 1.54) is 16.7 Å². The van der Waals surface area contributed by atoms with E-state index in [1.807, 2.05) is 0 Å². The zero-order valence-electron chi connectivity index (χ0n) is 14.9. The first-order valence-corrected chi connectivity index (χ1v) is 8.29. The molecule has 2 atom stereocenters. The molecule has 0 saturated heterocycles. The number of carbonyl (C=O) groups is 1. The number of hydrogen-bond donors (Lipinski definition) is 1. The molecule has 1 aliphatic heterocycles. The van der Waals surface area contributed by atoms with Gasteiger partial charge in [0.2, 0.25) is 6.19 Å². The van der Waals surface area contributed by atoms with Gasteiger partial charge in [-0.05, 0) is 44.2 Å². The number of nitriles is 1. The Bertz CT molecular complexity index is 1030. The number of aliphatic hydroxyl groups is 1. The van der Waals surface area contributed by atoms with E-state index in [0.29, 0.717) is 0 Å². The third-order valence-corrected chi connectivity index (χ3v) is 4.56. The van der Waals surface area contributed by atoms with E-state index in [2.05, 4.69) is 4.99 Å². The van der Waals surface area contributed by atoms with Gasteiger partial charge < -0.3 is 14.4 Å². The van der Waals surface area contributed by atoms with Gasteiger partial charge in [-0.25, -0.2) is 0 Å². The largest absolute Gasteiger partial charge is 0.485 e. The Morgan fingerprint density at radius 2 is 2.04 bits per heavy atom. The van der Waals surface area contributed by atoms with Gasteiger partial charge in [-0.1, -0.05) is 6.07 Å². The van der Waals surface area contributed by atoms with Crippen LogP contribution in [-0.4, -0.2) is 33.3 Å². The Morgan fingerprint density at radius 1 is 1.32 bits per heavy atom. The van der Waals surface area contributed by atoms with Crippen molar-refractivity contribution in [3.05, 3.63) is 59.2 Å². The smallest absolute Gasteiger partial charge is 0.454 e. The zero-order valence-corrected chi connectivity index (χ0v) is 14.9. The molecular weight excluding hydrogens is 375 g/mol. The molecule has 1 aromatic heterocycles. The number of nitrogens with zero attached hydrogens (tertiary/aromatic N) is 3. The van der Waals surface area contributed by atoms with Gasteiger partial charge in [0.05, 0.1) is 6.04 Å². The highest BCUT2D eigenvalue weighted by Crippen LogP contribution is 2.42. The van der Waals surface area contributed by atoms with Crippen LogP contribution in [0.5, 0.6) is 5.75 Å². The average molecular weight is 391 g/mol. The standard InChI is InChI=1S/C19H16F3N3O3/c1-18(2)17(27)15(25-8-4-3-5-14(25)24-10-23)12-9-11(6-7-13(12)28-18)16(26)19(20,21)22/h3-9,15,17,27H,1-2H3/t15-,17+/m1/s1. The summed E-state index contributed by atoms with van der Waals surface area (Å²) in [6, 6.07) is 7.25. The Labute approximate surface area is 158 Å². The number of aromatic nitrogens is 1. The highest BCUT2D eigenvalue weighted by molar-refractivity contribution is 6.00. The van der Waals surface area contributed by atoms with Crippen LogP contribution in [0.3, 0.4) is 0 Å². The van der Waals surface area contributed by atoms with Crippen molar-refractivity contribution in [2.24, 2.45) is 4.99 Å². The van der Waals surface area contributed by atoms with Crippen molar-refractivity contribution >= 4 is 5.78 Å². The van der Waals surface area contributed by atoms with E-state index in [0.717, 1.165) is 12.1 Å². The lowest BCUT2D eigenvalue weighted by molar-refractivity contribution is -0.0886. The van der Waals surface area contributed by atoms with Gasteiger partial charge in [0.15, 0.2) is 0 Å². The molecule has 9 heteroatoms. The summed E-state index contributed by atoms with van der Waals surface area (Å²) in [7, 11) is 0. The number of alkyl halides is 3. The molecule has 0 aliphatic carbocycles. The topological polar surface area (TPSA) is 87.6 Å². The molecule has 1 N–H and O–H groups in total. The van der Waals surface area contributed by atoms with E-state index in [9.17, 15) is 23.1 Å². The summed E-state index contributed by atoms with van der Waals surface area (Å²) in [6.45, 7) is 3.26. The van der Waals surface area contributed by atoms with Crippen LogP contribution < -0.4 is 10.2 Å². The minimum Gasteiger partial charge on any atom is -0.485 e. The van der Waals surface area contributed by atoms with E-state index in [1.54, 1.807) is 38.4 Å². The van der Waals surface area contributed by atoms with Crippen LogP contribution in [0.2, 0.25) is 0 Å². The van der Waals surface area contributed by atoms with E-state index >= 15 is 0 Å². The molecule has 0 amide bonds. The normalized spacial score (nSPS) is 21.4. The zero-order chi connectivity index (χ0) is 20.7. The molecule has 3 rings (SSSR count). The molecule has 2 aromatic rings. The second kappa shape index (κ2) is 6.80. The van der Waals surface area contributed by atoms with Crippen molar-refractivity contribution in [1.29, 1.82) is 5.26 Å². The summed E-state index contributed by atoms with van der Waals surface area (Å²) in [5, 5.41) is 19.8. The first-order valence-electron chi connectivity index (χ1n) is 8.29. The number of ether oxygens (including phenoxy) is 1. The third kappa shape index (κ3) is 3.39. The quantitative estimate of drug-likeness (QED) is 0.630. The number of fused-ring (bicyclic) bond motifs is 1. The first-order chi connectivity index (χ1) is 13.1. The van der Waals surface area contributed by atoms with Crippen LogP contribution in [0.4, 0.5) is 13.2 Å². The Morgan fingerprint density at radius 3 is 2.68 bits per heavy atom. The maximum atomic E-state index is 12.9. The minimum atomic E-state index is -5.03. The van der Waals surface area contributed by atoms with Gasteiger partial charge in [-0.3, -0.25) is 4.79 Å². The van der Waals surface area contributed by atoms with Crippen molar-refractivity contribution in [2.75, 3.05) is 0 Å². The number of halogens is 3. The minimum absolute atomic E-state index is 0.188. The summed E-state index contributed by atoms with van der Waals surface area (Å²) in [4.78, 5) is 15.4. The number of pyridine rings is 1. The highest BCUT2D eigenvalue weighted by atomic mass is 19.4. The number of ketones is 1. The molecule has 0 radical (unpaired) electrons. The second-order valence-electron chi connectivity index (χ2n) is 6.85. The SMILES string of the molecule is CC1(C)Oc2ccc(C(=O)C(F)(F)F)cc2[C@@H](n2ccccc2=NC#N)[C@@H]1O. The summed E-state index contributed by atoms with van der Waals surface area (Å²) >= 11 is 0. The van der Waals surface area contributed by atoms with E-state index in [4.69, 9.17) is 10.00 Å². The van der Waals surface area contributed by atoms with Gasteiger partial charge in [0.25, 0.3) is 5.78 Å². The number of rotatable bonds is 2. The average Bonchev–Trinajstić information content (AvgIpc) is 2.62.